The molecule has 110 valence electrons. The Balaban J connectivity index is 2.08. The molecule has 0 fully saturated rings. The van der Waals surface area contributed by atoms with Crippen molar-refractivity contribution in [2.75, 3.05) is 11.9 Å². The van der Waals surface area contributed by atoms with Crippen LogP contribution in [-0.4, -0.2) is 22.4 Å². The van der Waals surface area contributed by atoms with E-state index in [1.807, 2.05) is 19.1 Å². The van der Waals surface area contributed by atoms with Crippen LogP contribution in [0, 0.1) is 0 Å². The van der Waals surface area contributed by atoms with Crippen LogP contribution >= 0.6 is 0 Å². The maximum absolute atomic E-state index is 12.3. The minimum Gasteiger partial charge on any atom is -0.383 e. The van der Waals surface area contributed by atoms with E-state index in [0.29, 0.717) is 12.1 Å². The number of nitrogens with one attached hydrogen (secondary N) is 2. The molecule has 2 heterocycles. The van der Waals surface area contributed by atoms with Gasteiger partial charge in [-0.05, 0) is 31.0 Å². The highest BCUT2D eigenvalue weighted by molar-refractivity contribution is 5.99. The summed E-state index contributed by atoms with van der Waals surface area (Å²) in [5, 5.41) is 6.06. The number of carbonyl (C=O) groups excluding carboxylic acids is 1. The summed E-state index contributed by atoms with van der Waals surface area (Å²) in [5.41, 5.74) is 3.40. The van der Waals surface area contributed by atoms with E-state index in [2.05, 4.69) is 27.5 Å². The zero-order valence-electron chi connectivity index (χ0n) is 12.4. The second-order valence-electron chi connectivity index (χ2n) is 4.60. The molecule has 1 amide bonds. The SMILES string of the molecule is CCNc1cnccc1C(=O)NCc1ncccc1CC. The Kier molecular flexibility index (Phi) is 5.26. The molecule has 2 N–H and O–H groups in total. The maximum atomic E-state index is 12.3. The molecule has 5 nitrogen and oxygen atoms in total. The van der Waals surface area contributed by atoms with Gasteiger partial charge in [-0.2, -0.15) is 0 Å². The number of amides is 1. The summed E-state index contributed by atoms with van der Waals surface area (Å²) in [7, 11) is 0. The quantitative estimate of drug-likeness (QED) is 0.855. The zero-order valence-corrected chi connectivity index (χ0v) is 12.4. The lowest BCUT2D eigenvalue weighted by molar-refractivity contribution is 0.0951. The first-order chi connectivity index (χ1) is 10.3. The van der Waals surface area contributed by atoms with Crippen molar-refractivity contribution in [2.45, 2.75) is 26.8 Å². The van der Waals surface area contributed by atoms with E-state index in [1.54, 1.807) is 24.7 Å². The van der Waals surface area contributed by atoms with E-state index in [0.717, 1.165) is 29.9 Å². The molecule has 21 heavy (non-hydrogen) atoms. The first-order valence-electron chi connectivity index (χ1n) is 7.15. The third-order valence-electron chi connectivity index (χ3n) is 3.21. The largest absolute Gasteiger partial charge is 0.383 e. The molecule has 0 atom stereocenters. The maximum Gasteiger partial charge on any atom is 0.253 e. The van der Waals surface area contributed by atoms with Gasteiger partial charge in [0, 0.05) is 18.9 Å². The zero-order chi connectivity index (χ0) is 15.1. The van der Waals surface area contributed by atoms with Crippen molar-refractivity contribution in [1.82, 2.24) is 15.3 Å². The number of aromatic nitrogens is 2. The van der Waals surface area contributed by atoms with Crippen LogP contribution < -0.4 is 10.6 Å². The summed E-state index contributed by atoms with van der Waals surface area (Å²) in [5.74, 6) is -0.124. The Labute approximate surface area is 124 Å². The number of anilines is 1. The van der Waals surface area contributed by atoms with E-state index in [1.165, 1.54) is 0 Å². The van der Waals surface area contributed by atoms with Crippen molar-refractivity contribution in [3.63, 3.8) is 0 Å². The molecular formula is C16H20N4O. The van der Waals surface area contributed by atoms with Crippen molar-refractivity contribution >= 4 is 11.6 Å². The van der Waals surface area contributed by atoms with Crippen LogP contribution in [0.2, 0.25) is 0 Å². The van der Waals surface area contributed by atoms with Gasteiger partial charge in [-0.25, -0.2) is 0 Å². The minimum absolute atomic E-state index is 0.124. The number of carbonyl (C=O) groups is 1. The van der Waals surface area contributed by atoms with E-state index in [-0.39, 0.29) is 5.91 Å². The van der Waals surface area contributed by atoms with Gasteiger partial charge in [0.15, 0.2) is 0 Å². The molecule has 0 aliphatic heterocycles. The van der Waals surface area contributed by atoms with Crippen LogP contribution in [0.4, 0.5) is 5.69 Å². The monoisotopic (exact) mass is 284 g/mol. The molecule has 0 aliphatic carbocycles. The fraction of sp³-hybridized carbons (Fsp3) is 0.312. The van der Waals surface area contributed by atoms with E-state index in [9.17, 15) is 4.79 Å². The minimum atomic E-state index is -0.124. The Morgan fingerprint density at radius 2 is 2.10 bits per heavy atom. The van der Waals surface area contributed by atoms with Crippen LogP contribution in [0.5, 0.6) is 0 Å². The van der Waals surface area contributed by atoms with Crippen LogP contribution in [0.15, 0.2) is 36.8 Å². The fourth-order valence-corrected chi connectivity index (χ4v) is 2.14. The van der Waals surface area contributed by atoms with E-state index < -0.39 is 0 Å². The van der Waals surface area contributed by atoms with Gasteiger partial charge in [0.25, 0.3) is 5.91 Å². The van der Waals surface area contributed by atoms with Gasteiger partial charge in [-0.1, -0.05) is 13.0 Å². The Hall–Kier alpha value is -2.43. The van der Waals surface area contributed by atoms with Crippen LogP contribution in [0.3, 0.4) is 0 Å². The average molecular weight is 284 g/mol. The van der Waals surface area contributed by atoms with Gasteiger partial charge in [-0.15, -0.1) is 0 Å². The molecule has 0 aliphatic rings. The third kappa shape index (κ3) is 3.78. The highest BCUT2D eigenvalue weighted by atomic mass is 16.1. The molecule has 0 saturated carbocycles. The molecule has 0 saturated heterocycles. The van der Waals surface area contributed by atoms with Gasteiger partial charge in [0.05, 0.1) is 29.7 Å². The lowest BCUT2D eigenvalue weighted by Gasteiger charge is -2.11. The number of rotatable bonds is 6. The number of aryl methyl sites for hydroxylation is 1. The summed E-state index contributed by atoms with van der Waals surface area (Å²) in [6.07, 6.45) is 5.93. The van der Waals surface area contributed by atoms with Crippen molar-refractivity contribution < 1.29 is 4.79 Å². The molecule has 2 rings (SSSR count). The van der Waals surface area contributed by atoms with Crippen molar-refractivity contribution in [3.05, 3.63) is 53.6 Å². The lowest BCUT2D eigenvalue weighted by Crippen LogP contribution is -2.25. The van der Waals surface area contributed by atoms with Gasteiger partial charge < -0.3 is 10.6 Å². The predicted molar refractivity (Wildman–Crippen MR) is 83.2 cm³/mol. The standard InChI is InChI=1S/C16H20N4O/c1-3-12-6-5-8-19-14(12)11-20-16(21)13-7-9-17-10-15(13)18-4-2/h5-10,18H,3-4,11H2,1-2H3,(H,20,21). The number of hydrogen-bond donors (Lipinski definition) is 2. The molecule has 2 aromatic heterocycles. The van der Waals surface area contributed by atoms with Gasteiger partial charge in [-0.3, -0.25) is 14.8 Å². The molecule has 0 bridgehead atoms. The summed E-state index contributed by atoms with van der Waals surface area (Å²) in [6, 6.07) is 5.66. The number of nitrogens with zero attached hydrogens (tertiary/aromatic N) is 2. The lowest BCUT2D eigenvalue weighted by atomic mass is 10.1. The molecule has 0 unspecified atom stereocenters. The topological polar surface area (TPSA) is 66.9 Å². The highest BCUT2D eigenvalue weighted by Crippen LogP contribution is 2.13. The Morgan fingerprint density at radius 3 is 2.86 bits per heavy atom. The summed E-state index contributed by atoms with van der Waals surface area (Å²) >= 11 is 0. The third-order valence-corrected chi connectivity index (χ3v) is 3.21. The van der Waals surface area contributed by atoms with E-state index >= 15 is 0 Å². The van der Waals surface area contributed by atoms with Crippen LogP contribution in [-0.2, 0) is 13.0 Å². The van der Waals surface area contributed by atoms with E-state index in [4.69, 9.17) is 0 Å². The first kappa shape index (κ1) is 15.0. The van der Waals surface area contributed by atoms with Gasteiger partial charge in [0.1, 0.15) is 0 Å². The Morgan fingerprint density at radius 1 is 1.24 bits per heavy atom. The van der Waals surface area contributed by atoms with Crippen molar-refractivity contribution in [1.29, 1.82) is 0 Å². The smallest absolute Gasteiger partial charge is 0.253 e. The second-order valence-corrected chi connectivity index (χ2v) is 4.60. The normalized spacial score (nSPS) is 10.2. The first-order valence-corrected chi connectivity index (χ1v) is 7.15. The van der Waals surface area contributed by atoms with Crippen molar-refractivity contribution in [2.24, 2.45) is 0 Å². The number of pyridine rings is 2. The summed E-state index contributed by atoms with van der Waals surface area (Å²) in [6.45, 7) is 5.23. The molecule has 2 aromatic rings. The highest BCUT2D eigenvalue weighted by Gasteiger charge is 2.11. The molecule has 0 aromatic carbocycles. The Bertz CT molecular complexity index is 613. The van der Waals surface area contributed by atoms with Crippen LogP contribution in [0.1, 0.15) is 35.5 Å². The molecule has 5 heteroatoms. The summed E-state index contributed by atoms with van der Waals surface area (Å²) in [4.78, 5) is 20.7. The van der Waals surface area contributed by atoms with Gasteiger partial charge >= 0.3 is 0 Å². The van der Waals surface area contributed by atoms with Gasteiger partial charge in [0.2, 0.25) is 0 Å². The second kappa shape index (κ2) is 7.38. The molecule has 0 spiro atoms. The molecule has 0 radical (unpaired) electrons. The molecular weight excluding hydrogens is 264 g/mol. The average Bonchev–Trinajstić information content (AvgIpc) is 2.53. The van der Waals surface area contributed by atoms with Crippen LogP contribution in [0.25, 0.3) is 0 Å². The summed E-state index contributed by atoms with van der Waals surface area (Å²) < 4.78 is 0. The predicted octanol–water partition coefficient (Wildman–Crippen LogP) is 2.40. The van der Waals surface area contributed by atoms with Crippen molar-refractivity contribution in [3.8, 4) is 0 Å². The fourth-order valence-electron chi connectivity index (χ4n) is 2.14. The number of hydrogen-bond acceptors (Lipinski definition) is 4.